The smallest absolute Gasteiger partial charge is 0.220 e. The molecule has 7 unspecified atom stereocenters. The summed E-state index contributed by atoms with van der Waals surface area (Å²) < 4.78 is 11.2. The van der Waals surface area contributed by atoms with E-state index in [9.17, 15) is 30.3 Å². The van der Waals surface area contributed by atoms with E-state index in [0.29, 0.717) is 6.42 Å². The Labute approximate surface area is 366 Å². The van der Waals surface area contributed by atoms with Crippen molar-refractivity contribution < 1.29 is 39.8 Å². The number of amides is 1. The van der Waals surface area contributed by atoms with Crippen LogP contribution in [0.4, 0.5) is 0 Å². The molecule has 0 aromatic carbocycles. The molecule has 0 aromatic heterocycles. The van der Waals surface area contributed by atoms with Crippen molar-refractivity contribution in [3.05, 3.63) is 72.9 Å². The van der Waals surface area contributed by atoms with Gasteiger partial charge in [0.1, 0.15) is 24.4 Å². The van der Waals surface area contributed by atoms with Gasteiger partial charge in [0.25, 0.3) is 0 Å². The first-order chi connectivity index (χ1) is 29.3. The third-order valence-corrected chi connectivity index (χ3v) is 11.0. The second-order valence-corrected chi connectivity index (χ2v) is 16.5. The number of ether oxygens (including phenoxy) is 2. The summed E-state index contributed by atoms with van der Waals surface area (Å²) in [5.74, 6) is -0.204. The summed E-state index contributed by atoms with van der Waals surface area (Å²) in [6.45, 7) is 3.63. The number of aliphatic hydroxyl groups is 5. The zero-order chi connectivity index (χ0) is 43.7. The highest BCUT2D eigenvalue weighted by Crippen LogP contribution is 2.22. The van der Waals surface area contributed by atoms with Crippen molar-refractivity contribution in [1.82, 2.24) is 5.32 Å². The van der Waals surface area contributed by atoms with E-state index < -0.39 is 49.5 Å². The van der Waals surface area contributed by atoms with Crippen LogP contribution < -0.4 is 5.32 Å². The van der Waals surface area contributed by atoms with Gasteiger partial charge in [0, 0.05) is 6.42 Å². The summed E-state index contributed by atoms with van der Waals surface area (Å²) >= 11 is 0. The van der Waals surface area contributed by atoms with Gasteiger partial charge in [-0.1, -0.05) is 183 Å². The second kappa shape index (κ2) is 40.7. The van der Waals surface area contributed by atoms with Crippen molar-refractivity contribution in [2.75, 3.05) is 13.2 Å². The van der Waals surface area contributed by atoms with Gasteiger partial charge in [0.2, 0.25) is 5.91 Å². The molecule has 0 radical (unpaired) electrons. The van der Waals surface area contributed by atoms with Crippen molar-refractivity contribution in [2.45, 2.75) is 230 Å². The molecule has 0 aromatic rings. The number of rotatable bonds is 39. The molecule has 9 nitrogen and oxygen atoms in total. The van der Waals surface area contributed by atoms with Gasteiger partial charge in [-0.15, -0.1) is 0 Å². The summed E-state index contributed by atoms with van der Waals surface area (Å²) in [5.41, 5.74) is 0. The van der Waals surface area contributed by atoms with Gasteiger partial charge in [-0.05, 0) is 70.6 Å². The Balaban J connectivity index is 2.38. The highest BCUT2D eigenvalue weighted by Gasteiger charge is 2.44. The normalized spacial score (nSPS) is 21.2. The molecule has 1 saturated heterocycles. The third kappa shape index (κ3) is 30.6. The lowest BCUT2D eigenvalue weighted by Gasteiger charge is -2.40. The molecule has 0 spiro atoms. The molecule has 1 aliphatic heterocycles. The number of nitrogens with one attached hydrogen (secondary N) is 1. The molecule has 1 rings (SSSR count). The first-order valence-electron chi connectivity index (χ1n) is 24.2. The Hall–Kier alpha value is -2.37. The fourth-order valence-electron chi connectivity index (χ4n) is 7.16. The first kappa shape index (κ1) is 55.6. The van der Waals surface area contributed by atoms with Gasteiger partial charge in [0.15, 0.2) is 6.29 Å². The molecule has 1 amide bonds. The second-order valence-electron chi connectivity index (χ2n) is 16.5. The molecule has 1 heterocycles. The molecule has 0 aliphatic carbocycles. The Morgan fingerprint density at radius 2 is 1.05 bits per heavy atom. The summed E-state index contributed by atoms with van der Waals surface area (Å²) in [4.78, 5) is 13.0. The maximum absolute atomic E-state index is 13.0. The van der Waals surface area contributed by atoms with Crippen LogP contribution in [0.5, 0.6) is 0 Å². The fourth-order valence-corrected chi connectivity index (χ4v) is 7.16. The highest BCUT2D eigenvalue weighted by molar-refractivity contribution is 5.76. The minimum absolute atomic E-state index is 0.204. The summed E-state index contributed by atoms with van der Waals surface area (Å²) in [6.07, 6.45) is 48.0. The van der Waals surface area contributed by atoms with Gasteiger partial charge in [-0.2, -0.15) is 0 Å². The molecule has 0 saturated carbocycles. The monoisotopic (exact) mass is 844 g/mol. The van der Waals surface area contributed by atoms with Crippen molar-refractivity contribution in [3.8, 4) is 0 Å². The number of hydrogen-bond acceptors (Lipinski definition) is 8. The van der Waals surface area contributed by atoms with Crippen molar-refractivity contribution in [1.29, 1.82) is 0 Å². The van der Waals surface area contributed by atoms with E-state index in [1.807, 2.05) is 6.08 Å². The van der Waals surface area contributed by atoms with E-state index in [0.717, 1.165) is 89.9 Å². The molecular formula is C51H89NO8. The summed E-state index contributed by atoms with van der Waals surface area (Å²) in [7, 11) is 0. The zero-order valence-corrected chi connectivity index (χ0v) is 37.9. The molecule has 6 N–H and O–H groups in total. The topological polar surface area (TPSA) is 149 Å². The Morgan fingerprint density at radius 1 is 0.583 bits per heavy atom. The Morgan fingerprint density at radius 3 is 1.60 bits per heavy atom. The van der Waals surface area contributed by atoms with Crippen LogP contribution in [0.3, 0.4) is 0 Å². The molecule has 0 bridgehead atoms. The zero-order valence-electron chi connectivity index (χ0n) is 37.9. The lowest BCUT2D eigenvalue weighted by molar-refractivity contribution is -0.302. The van der Waals surface area contributed by atoms with E-state index in [2.05, 4.69) is 79.9 Å². The molecular weight excluding hydrogens is 755 g/mol. The van der Waals surface area contributed by atoms with E-state index in [1.165, 1.54) is 77.0 Å². The molecule has 1 aliphatic rings. The minimum atomic E-state index is -1.58. The summed E-state index contributed by atoms with van der Waals surface area (Å²) in [5, 5.41) is 54.2. The van der Waals surface area contributed by atoms with Crippen molar-refractivity contribution >= 4 is 5.91 Å². The number of aliphatic hydroxyl groups excluding tert-OH is 5. The van der Waals surface area contributed by atoms with Gasteiger partial charge < -0.3 is 40.3 Å². The van der Waals surface area contributed by atoms with Crippen molar-refractivity contribution in [2.24, 2.45) is 0 Å². The lowest BCUT2D eigenvalue weighted by Crippen LogP contribution is -2.60. The maximum atomic E-state index is 13.0. The van der Waals surface area contributed by atoms with E-state index >= 15 is 0 Å². The molecule has 1 fully saturated rings. The van der Waals surface area contributed by atoms with Crippen LogP contribution in [0, 0.1) is 0 Å². The van der Waals surface area contributed by atoms with Crippen LogP contribution in [0.2, 0.25) is 0 Å². The quantitative estimate of drug-likeness (QED) is 0.0265. The number of unbranched alkanes of at least 4 members (excludes halogenated alkanes) is 19. The van der Waals surface area contributed by atoms with Gasteiger partial charge >= 0.3 is 0 Å². The van der Waals surface area contributed by atoms with E-state index in [4.69, 9.17) is 9.47 Å². The van der Waals surface area contributed by atoms with E-state index in [-0.39, 0.29) is 12.5 Å². The van der Waals surface area contributed by atoms with Crippen LogP contribution in [-0.2, 0) is 14.3 Å². The van der Waals surface area contributed by atoms with Crippen LogP contribution in [0.25, 0.3) is 0 Å². The number of carbonyl (C=O) groups is 1. The van der Waals surface area contributed by atoms with E-state index in [1.54, 1.807) is 6.08 Å². The number of allylic oxidation sites excluding steroid dienone is 11. The SMILES string of the molecule is CC/C=C\C/C=C\C/C=C\C/C=C\CCCCCCCCC(=O)NC(COC1OC(CO)C(O)C(O)C1O)C(O)/C=C/CC/C=C/CCCCCCCCCCCCCC. The Kier molecular flexibility index (Phi) is 37.7. The predicted molar refractivity (Wildman–Crippen MR) is 249 cm³/mol. The standard InChI is InChI=1S/C51H89NO8/c1-3-5-7-9-11-13-15-17-19-21-23-25-27-29-31-33-35-37-39-41-47(55)52-44(43-59-51-50(58)49(57)48(56)46(42-53)60-51)45(54)40-38-36-34-32-30-28-26-24-22-20-18-16-14-12-10-8-6-4-2/h5,7,11,13,17,19,23,25,30,32,38,40,44-46,48-51,53-54,56-58H,3-4,6,8-10,12,14-16,18,20-22,24,26-29,31,33-37,39,41-43H2,1-2H3,(H,52,55)/b7-5-,13-11-,19-17-,25-23-,32-30+,40-38+. The predicted octanol–water partition coefficient (Wildman–Crippen LogP) is 10.6. The van der Waals surface area contributed by atoms with Gasteiger partial charge in [-0.25, -0.2) is 0 Å². The number of carbonyl (C=O) groups excluding carboxylic acids is 1. The average molecular weight is 844 g/mol. The van der Waals surface area contributed by atoms with Gasteiger partial charge in [-0.3, -0.25) is 4.79 Å². The van der Waals surface area contributed by atoms with Crippen LogP contribution in [0.15, 0.2) is 72.9 Å². The van der Waals surface area contributed by atoms with Crippen LogP contribution in [0.1, 0.15) is 187 Å². The molecule has 346 valence electrons. The molecule has 60 heavy (non-hydrogen) atoms. The molecule has 7 atom stereocenters. The van der Waals surface area contributed by atoms with Crippen LogP contribution in [-0.4, -0.2) is 87.5 Å². The average Bonchev–Trinajstić information content (AvgIpc) is 3.25. The Bertz CT molecular complexity index is 1160. The first-order valence-corrected chi connectivity index (χ1v) is 24.2. The summed E-state index contributed by atoms with van der Waals surface area (Å²) in [6, 6.07) is -0.833. The van der Waals surface area contributed by atoms with Crippen LogP contribution >= 0.6 is 0 Å². The number of hydrogen-bond donors (Lipinski definition) is 6. The minimum Gasteiger partial charge on any atom is -0.394 e. The largest absolute Gasteiger partial charge is 0.394 e. The maximum Gasteiger partial charge on any atom is 0.220 e. The molecule has 9 heteroatoms. The fraction of sp³-hybridized carbons (Fsp3) is 0.745. The third-order valence-electron chi connectivity index (χ3n) is 11.0. The van der Waals surface area contributed by atoms with Crippen molar-refractivity contribution in [3.63, 3.8) is 0 Å². The van der Waals surface area contributed by atoms with Gasteiger partial charge in [0.05, 0.1) is 25.4 Å². The lowest BCUT2D eigenvalue weighted by atomic mass is 9.99. The highest BCUT2D eigenvalue weighted by atomic mass is 16.7.